The van der Waals surface area contributed by atoms with Crippen molar-refractivity contribution in [3.63, 3.8) is 0 Å². The standard InChI is InChI=1S/C35H31N5O4S/c1-22-20-29(23(2)39(22)26-15-11-24(12-16-26)34(42)43)33-32(30-10-6-7-19-36-30)38-35(45)40(33)27-17-13-25(14-18-27)37-31(41)21-44-28-8-4-3-5-9-28/h3-20,32-33H,21H2,1-2H3,(H,37,41)(H,38,45)(H,42,43)/t32-,33-/m1/s1. The number of carbonyl (C=O) groups is 2. The normalized spacial score (nSPS) is 15.9. The highest BCUT2D eigenvalue weighted by atomic mass is 32.1. The third-order valence-electron chi connectivity index (χ3n) is 7.80. The summed E-state index contributed by atoms with van der Waals surface area (Å²) in [6, 6.07) is 31.1. The Kier molecular flexibility index (Phi) is 8.30. The van der Waals surface area contributed by atoms with Gasteiger partial charge in [0.05, 0.1) is 23.3 Å². The average Bonchev–Trinajstić information content (AvgIpc) is 3.55. The summed E-state index contributed by atoms with van der Waals surface area (Å²) in [6.07, 6.45) is 1.77. The van der Waals surface area contributed by atoms with E-state index in [4.69, 9.17) is 17.0 Å². The lowest BCUT2D eigenvalue weighted by Crippen LogP contribution is -2.29. The maximum Gasteiger partial charge on any atom is 0.335 e. The number of ether oxygens (including phenoxy) is 1. The molecule has 0 bridgehead atoms. The second kappa shape index (κ2) is 12.6. The van der Waals surface area contributed by atoms with Crippen LogP contribution in [0, 0.1) is 13.8 Å². The SMILES string of the molecule is Cc1cc([C@@H]2[C@@H](c3ccccn3)NC(=S)N2c2ccc(NC(=O)COc3ccccc3)cc2)c(C)n1-c1ccc(C(=O)O)cc1. The van der Waals surface area contributed by atoms with E-state index in [2.05, 4.69) is 38.1 Å². The number of anilines is 2. The maximum absolute atomic E-state index is 12.5. The fraction of sp³-hybridized carbons (Fsp3) is 0.143. The minimum absolute atomic E-state index is 0.103. The number of carbonyl (C=O) groups excluding carboxylic acids is 1. The summed E-state index contributed by atoms with van der Waals surface area (Å²) < 4.78 is 7.68. The minimum Gasteiger partial charge on any atom is -0.484 e. The van der Waals surface area contributed by atoms with Crippen molar-refractivity contribution >= 4 is 40.6 Å². The Morgan fingerprint density at radius 1 is 0.933 bits per heavy atom. The van der Waals surface area contributed by atoms with Gasteiger partial charge in [-0.3, -0.25) is 9.78 Å². The molecular weight excluding hydrogens is 586 g/mol. The predicted molar refractivity (Wildman–Crippen MR) is 177 cm³/mol. The minimum atomic E-state index is -0.964. The number of para-hydroxylation sites is 1. The molecule has 1 saturated heterocycles. The maximum atomic E-state index is 12.5. The summed E-state index contributed by atoms with van der Waals surface area (Å²) in [4.78, 5) is 30.7. The van der Waals surface area contributed by atoms with Crippen molar-refractivity contribution in [1.82, 2.24) is 14.9 Å². The van der Waals surface area contributed by atoms with Crippen LogP contribution in [0.4, 0.5) is 11.4 Å². The molecule has 1 amide bonds. The summed E-state index contributed by atoms with van der Waals surface area (Å²) in [7, 11) is 0. The van der Waals surface area contributed by atoms with Gasteiger partial charge in [-0.05, 0) is 110 Å². The Morgan fingerprint density at radius 3 is 2.29 bits per heavy atom. The quantitative estimate of drug-likeness (QED) is 0.164. The monoisotopic (exact) mass is 617 g/mol. The zero-order chi connectivity index (χ0) is 31.5. The number of hydrogen-bond acceptors (Lipinski definition) is 5. The summed E-state index contributed by atoms with van der Waals surface area (Å²) in [5.74, 6) is -0.598. The van der Waals surface area contributed by atoms with Crippen LogP contribution in [0.25, 0.3) is 5.69 Å². The Balaban J connectivity index is 1.30. The number of rotatable bonds is 9. The molecule has 2 atom stereocenters. The largest absolute Gasteiger partial charge is 0.484 e. The number of aryl methyl sites for hydroxylation is 1. The second-order valence-corrected chi connectivity index (χ2v) is 11.1. The van der Waals surface area contributed by atoms with E-state index in [1.165, 1.54) is 0 Å². The summed E-state index contributed by atoms with van der Waals surface area (Å²) in [5, 5.41) is 16.3. The van der Waals surface area contributed by atoms with Gasteiger partial charge in [-0.1, -0.05) is 24.3 Å². The van der Waals surface area contributed by atoms with Crippen LogP contribution in [-0.4, -0.2) is 38.3 Å². The van der Waals surface area contributed by atoms with Crippen molar-refractivity contribution in [2.75, 3.05) is 16.8 Å². The van der Waals surface area contributed by atoms with E-state index in [9.17, 15) is 14.7 Å². The van der Waals surface area contributed by atoms with Gasteiger partial charge in [0.15, 0.2) is 11.7 Å². The van der Waals surface area contributed by atoms with E-state index < -0.39 is 5.97 Å². The van der Waals surface area contributed by atoms with Crippen LogP contribution in [0.2, 0.25) is 0 Å². The fourth-order valence-corrected chi connectivity index (χ4v) is 6.10. The highest BCUT2D eigenvalue weighted by Gasteiger charge is 2.42. The van der Waals surface area contributed by atoms with Crippen molar-refractivity contribution in [2.24, 2.45) is 0 Å². The van der Waals surface area contributed by atoms with Gasteiger partial charge >= 0.3 is 5.97 Å². The molecule has 10 heteroatoms. The zero-order valence-electron chi connectivity index (χ0n) is 24.7. The molecule has 0 saturated carbocycles. The number of hydrogen-bond donors (Lipinski definition) is 3. The number of carboxylic acid groups (broad SMARTS) is 1. The van der Waals surface area contributed by atoms with E-state index in [1.54, 1.807) is 30.5 Å². The molecule has 5 aromatic rings. The van der Waals surface area contributed by atoms with Crippen molar-refractivity contribution in [2.45, 2.75) is 25.9 Å². The summed E-state index contributed by atoms with van der Waals surface area (Å²) >= 11 is 5.91. The molecular formula is C35H31N5O4S. The Bertz CT molecular complexity index is 1840. The van der Waals surface area contributed by atoms with Gasteiger partial charge in [-0.2, -0.15) is 0 Å². The number of aromatic carboxylic acids is 1. The average molecular weight is 618 g/mol. The molecule has 3 N–H and O–H groups in total. The first-order valence-corrected chi connectivity index (χ1v) is 14.8. The van der Waals surface area contributed by atoms with Crippen LogP contribution in [0.1, 0.15) is 45.1 Å². The number of carboxylic acids is 1. The van der Waals surface area contributed by atoms with Crippen molar-refractivity contribution in [3.8, 4) is 11.4 Å². The molecule has 2 aromatic heterocycles. The van der Waals surface area contributed by atoms with Gasteiger partial charge in [0.1, 0.15) is 5.75 Å². The number of nitrogens with zero attached hydrogens (tertiary/aromatic N) is 3. The van der Waals surface area contributed by atoms with Gasteiger partial charge in [-0.25, -0.2) is 4.79 Å². The lowest BCUT2D eigenvalue weighted by atomic mass is 9.96. The van der Waals surface area contributed by atoms with Gasteiger partial charge < -0.3 is 29.9 Å². The topological polar surface area (TPSA) is 109 Å². The lowest BCUT2D eigenvalue weighted by Gasteiger charge is -2.28. The highest BCUT2D eigenvalue weighted by Crippen LogP contribution is 2.44. The van der Waals surface area contributed by atoms with Crippen LogP contribution in [-0.2, 0) is 4.79 Å². The number of nitrogens with one attached hydrogen (secondary N) is 2. The number of amides is 1. The van der Waals surface area contributed by atoms with Crippen LogP contribution < -0.4 is 20.3 Å². The molecule has 1 aliphatic rings. The Morgan fingerprint density at radius 2 is 1.62 bits per heavy atom. The first-order chi connectivity index (χ1) is 21.8. The predicted octanol–water partition coefficient (Wildman–Crippen LogP) is 6.38. The van der Waals surface area contributed by atoms with Crippen LogP contribution in [0.3, 0.4) is 0 Å². The van der Waals surface area contributed by atoms with E-state index in [0.717, 1.165) is 34.0 Å². The second-order valence-electron chi connectivity index (χ2n) is 10.7. The Hall–Kier alpha value is -5.48. The van der Waals surface area contributed by atoms with Gasteiger partial charge in [0, 0.05) is 34.6 Å². The molecule has 9 nitrogen and oxygen atoms in total. The molecule has 226 valence electrons. The van der Waals surface area contributed by atoms with Crippen LogP contribution >= 0.6 is 12.2 Å². The van der Waals surface area contributed by atoms with E-state index >= 15 is 0 Å². The Labute approximate surface area is 266 Å². The van der Waals surface area contributed by atoms with Crippen LogP contribution in [0.15, 0.2) is 109 Å². The van der Waals surface area contributed by atoms with E-state index in [0.29, 0.717) is 16.5 Å². The third kappa shape index (κ3) is 6.13. The highest BCUT2D eigenvalue weighted by molar-refractivity contribution is 7.80. The molecule has 1 aliphatic heterocycles. The summed E-state index contributed by atoms with van der Waals surface area (Å²) in [6.45, 7) is 3.98. The number of thiocarbonyl (C=S) groups is 1. The molecule has 45 heavy (non-hydrogen) atoms. The molecule has 0 spiro atoms. The van der Waals surface area contributed by atoms with Gasteiger partial charge in [-0.15, -0.1) is 0 Å². The lowest BCUT2D eigenvalue weighted by molar-refractivity contribution is -0.118. The molecule has 0 radical (unpaired) electrons. The molecule has 3 aromatic carbocycles. The van der Waals surface area contributed by atoms with E-state index in [1.807, 2.05) is 79.7 Å². The van der Waals surface area contributed by atoms with Crippen LogP contribution in [0.5, 0.6) is 5.75 Å². The molecule has 0 unspecified atom stereocenters. The zero-order valence-corrected chi connectivity index (χ0v) is 25.5. The molecule has 1 fully saturated rings. The van der Waals surface area contributed by atoms with E-state index in [-0.39, 0.29) is 30.2 Å². The molecule has 6 rings (SSSR count). The van der Waals surface area contributed by atoms with Gasteiger partial charge in [0.25, 0.3) is 5.91 Å². The first-order valence-electron chi connectivity index (χ1n) is 14.4. The fourth-order valence-electron chi connectivity index (χ4n) is 5.75. The third-order valence-corrected chi connectivity index (χ3v) is 8.12. The first kappa shape index (κ1) is 29.6. The van der Waals surface area contributed by atoms with Crippen molar-refractivity contribution in [1.29, 1.82) is 0 Å². The smallest absolute Gasteiger partial charge is 0.335 e. The number of pyridine rings is 1. The molecule has 0 aliphatic carbocycles. The molecule has 3 heterocycles. The van der Waals surface area contributed by atoms with Gasteiger partial charge in [0.2, 0.25) is 0 Å². The summed E-state index contributed by atoms with van der Waals surface area (Å²) in [5.41, 5.74) is 6.49. The number of aromatic nitrogens is 2. The van der Waals surface area contributed by atoms with Crippen molar-refractivity contribution in [3.05, 3.63) is 138 Å². The number of benzene rings is 3. The van der Waals surface area contributed by atoms with Crippen molar-refractivity contribution < 1.29 is 19.4 Å².